The van der Waals surface area contributed by atoms with E-state index in [0.717, 1.165) is 22.9 Å². The van der Waals surface area contributed by atoms with Gasteiger partial charge in [-0.25, -0.2) is 9.78 Å². The van der Waals surface area contributed by atoms with Crippen molar-refractivity contribution < 1.29 is 24.3 Å². The number of fused-ring (bicyclic) bond motifs is 1. The van der Waals surface area contributed by atoms with E-state index >= 15 is 0 Å². The number of para-hydroxylation sites is 1. The molecule has 0 aliphatic heterocycles. The van der Waals surface area contributed by atoms with E-state index in [-0.39, 0.29) is 18.8 Å². The fourth-order valence-electron chi connectivity index (χ4n) is 4.51. The highest BCUT2D eigenvalue weighted by molar-refractivity contribution is 5.94. The number of carboxylic acids is 1. The second-order valence-electron chi connectivity index (χ2n) is 10.4. The molecule has 3 aromatic rings. The second-order valence-corrected chi connectivity index (χ2v) is 10.4. The van der Waals surface area contributed by atoms with E-state index in [2.05, 4.69) is 30.9 Å². The molecule has 4 atom stereocenters. The van der Waals surface area contributed by atoms with Crippen molar-refractivity contribution in [3.8, 4) is 0 Å². The lowest BCUT2D eigenvalue weighted by molar-refractivity contribution is -0.142. The first-order valence-electron chi connectivity index (χ1n) is 13.7. The van der Waals surface area contributed by atoms with Crippen LogP contribution in [-0.2, 0) is 32.0 Å². The quantitative estimate of drug-likeness (QED) is 0.112. The molecule has 222 valence electrons. The number of carbonyl (C=O) groups excluding carboxylic acids is 3. The summed E-state index contributed by atoms with van der Waals surface area (Å²) >= 11 is 0. The van der Waals surface area contributed by atoms with Gasteiger partial charge in [-0.05, 0) is 36.9 Å². The van der Waals surface area contributed by atoms with E-state index in [4.69, 9.17) is 11.5 Å². The van der Waals surface area contributed by atoms with Gasteiger partial charge in [0.25, 0.3) is 0 Å². The highest BCUT2D eigenvalue weighted by Gasteiger charge is 2.32. The summed E-state index contributed by atoms with van der Waals surface area (Å²) in [6, 6.07) is 3.28. The molecule has 3 amide bonds. The maximum absolute atomic E-state index is 13.4. The molecule has 3 rings (SSSR count). The van der Waals surface area contributed by atoms with Crippen molar-refractivity contribution in [3.63, 3.8) is 0 Å². The summed E-state index contributed by atoms with van der Waals surface area (Å²) in [5, 5.41) is 18.7. The molecule has 13 heteroatoms. The van der Waals surface area contributed by atoms with Crippen LogP contribution in [0.25, 0.3) is 10.9 Å². The van der Waals surface area contributed by atoms with Crippen molar-refractivity contribution in [2.45, 2.75) is 70.1 Å². The Bertz CT molecular complexity index is 1310. The van der Waals surface area contributed by atoms with Crippen molar-refractivity contribution >= 4 is 34.6 Å². The Kier molecular flexibility index (Phi) is 11.4. The Morgan fingerprint density at radius 1 is 0.951 bits per heavy atom. The molecule has 2 heterocycles. The third kappa shape index (κ3) is 8.88. The van der Waals surface area contributed by atoms with Crippen LogP contribution in [0, 0.1) is 5.92 Å². The molecule has 0 saturated carbocycles. The Labute approximate surface area is 238 Å². The van der Waals surface area contributed by atoms with Gasteiger partial charge in [0.05, 0.1) is 12.4 Å². The van der Waals surface area contributed by atoms with E-state index in [0.29, 0.717) is 25.1 Å². The number of unbranched alkanes of at least 4 members (excludes halogenated alkanes) is 1. The Morgan fingerprint density at radius 2 is 1.68 bits per heavy atom. The third-order valence-corrected chi connectivity index (χ3v) is 6.88. The molecule has 13 nitrogen and oxygen atoms in total. The Balaban J connectivity index is 1.74. The number of nitrogens with two attached hydrogens (primary N) is 2. The summed E-state index contributed by atoms with van der Waals surface area (Å²) in [4.78, 5) is 61.6. The molecule has 0 radical (unpaired) electrons. The third-order valence-electron chi connectivity index (χ3n) is 6.88. The summed E-state index contributed by atoms with van der Waals surface area (Å²) < 4.78 is 0. The first-order valence-corrected chi connectivity index (χ1v) is 13.7. The van der Waals surface area contributed by atoms with Crippen LogP contribution in [-0.4, -0.2) is 74.5 Å². The zero-order valence-electron chi connectivity index (χ0n) is 23.4. The molecule has 4 unspecified atom stereocenters. The molecule has 0 aliphatic rings. The van der Waals surface area contributed by atoms with Gasteiger partial charge in [0.15, 0.2) is 0 Å². The highest BCUT2D eigenvalue weighted by atomic mass is 16.4. The lowest BCUT2D eigenvalue weighted by Gasteiger charge is -2.27. The molecule has 0 fully saturated rings. The number of carboxylic acid groups (broad SMARTS) is 1. The SMILES string of the molecule is CC(C)C(NC(=O)C(N)CCCCN)C(=O)NC(Cc1cnc[nH]1)C(=O)NC(Cc1c[nH]c2ccccc12)C(=O)O. The van der Waals surface area contributed by atoms with Gasteiger partial charge in [0.2, 0.25) is 17.7 Å². The first kappa shape index (κ1) is 31.3. The summed E-state index contributed by atoms with van der Waals surface area (Å²) in [6.07, 6.45) is 6.55. The zero-order valence-corrected chi connectivity index (χ0v) is 23.4. The molecule has 10 N–H and O–H groups in total. The number of hydrogen-bond acceptors (Lipinski definition) is 7. The van der Waals surface area contributed by atoms with E-state index in [1.165, 1.54) is 12.5 Å². The van der Waals surface area contributed by atoms with Gasteiger partial charge in [-0.15, -0.1) is 0 Å². The predicted octanol–water partition coefficient (Wildman–Crippen LogP) is 0.328. The maximum atomic E-state index is 13.4. The van der Waals surface area contributed by atoms with E-state index < -0.39 is 47.9 Å². The number of nitrogens with zero attached hydrogens (tertiary/aromatic N) is 1. The normalized spacial score (nSPS) is 14.3. The molecular formula is C28H40N8O5. The standard InChI is InChI=1S/C28H40N8O5/c1-16(2)24(36-25(37)20(30)8-5-6-10-29)27(39)34-22(12-18-14-31-15-33-18)26(38)35-23(28(40)41)11-17-13-32-21-9-4-3-7-19(17)21/h3-4,7,9,13-16,20,22-24,32H,5-6,8,10-12,29-30H2,1-2H3,(H,31,33)(H,34,39)(H,35,38)(H,36,37)(H,40,41). The summed E-state index contributed by atoms with van der Waals surface area (Å²) in [5.74, 6) is -3.29. The zero-order chi connectivity index (χ0) is 29.9. The fraction of sp³-hybridized carbons (Fsp3) is 0.464. The van der Waals surface area contributed by atoms with E-state index in [1.807, 2.05) is 24.3 Å². The van der Waals surface area contributed by atoms with Gasteiger partial charge >= 0.3 is 5.97 Å². The Hall–Kier alpha value is -4.23. The number of aromatic amines is 2. The maximum Gasteiger partial charge on any atom is 0.326 e. The molecule has 0 bridgehead atoms. The van der Waals surface area contributed by atoms with E-state index in [9.17, 15) is 24.3 Å². The minimum Gasteiger partial charge on any atom is -0.480 e. The van der Waals surface area contributed by atoms with Crippen molar-refractivity contribution in [3.05, 3.63) is 54.2 Å². The number of benzene rings is 1. The molecule has 0 aliphatic carbocycles. The van der Waals surface area contributed by atoms with Crippen molar-refractivity contribution in [1.82, 2.24) is 30.9 Å². The van der Waals surface area contributed by atoms with Crippen molar-refractivity contribution in [1.29, 1.82) is 0 Å². The second kappa shape index (κ2) is 15.0. The smallest absolute Gasteiger partial charge is 0.326 e. The molecule has 41 heavy (non-hydrogen) atoms. The van der Waals surface area contributed by atoms with Crippen LogP contribution in [0.4, 0.5) is 0 Å². The molecule has 0 spiro atoms. The average molecular weight is 569 g/mol. The number of amides is 3. The van der Waals surface area contributed by atoms with Crippen LogP contribution in [0.5, 0.6) is 0 Å². The van der Waals surface area contributed by atoms with Gasteiger partial charge in [-0.2, -0.15) is 0 Å². The van der Waals surface area contributed by atoms with Crippen LogP contribution in [0.3, 0.4) is 0 Å². The van der Waals surface area contributed by atoms with Gasteiger partial charge in [-0.1, -0.05) is 38.5 Å². The number of H-pyrrole nitrogens is 2. The first-order chi connectivity index (χ1) is 19.6. The lowest BCUT2D eigenvalue weighted by atomic mass is 10.0. The fourth-order valence-corrected chi connectivity index (χ4v) is 4.51. The Morgan fingerprint density at radius 3 is 2.34 bits per heavy atom. The molecular weight excluding hydrogens is 528 g/mol. The average Bonchev–Trinajstić information content (AvgIpc) is 3.60. The van der Waals surface area contributed by atoms with Crippen molar-refractivity contribution in [2.75, 3.05) is 6.54 Å². The van der Waals surface area contributed by atoms with Crippen LogP contribution in [0.15, 0.2) is 43.0 Å². The summed E-state index contributed by atoms with van der Waals surface area (Å²) in [5.41, 5.74) is 13.6. The van der Waals surface area contributed by atoms with Gasteiger partial charge in [-0.3, -0.25) is 14.4 Å². The minimum absolute atomic E-state index is 0.0222. The number of rotatable bonds is 16. The van der Waals surface area contributed by atoms with Gasteiger partial charge < -0.3 is 42.5 Å². The number of aromatic nitrogens is 3. The van der Waals surface area contributed by atoms with Crippen LogP contribution < -0.4 is 27.4 Å². The topological polar surface area (TPSA) is 221 Å². The minimum atomic E-state index is -1.25. The number of carbonyl (C=O) groups is 4. The van der Waals surface area contributed by atoms with Crippen LogP contribution in [0.1, 0.15) is 44.4 Å². The summed E-state index contributed by atoms with van der Waals surface area (Å²) in [6.45, 7) is 4.02. The summed E-state index contributed by atoms with van der Waals surface area (Å²) in [7, 11) is 0. The highest BCUT2D eigenvalue weighted by Crippen LogP contribution is 2.19. The number of aliphatic carboxylic acids is 1. The van der Waals surface area contributed by atoms with Crippen molar-refractivity contribution in [2.24, 2.45) is 17.4 Å². The number of hydrogen-bond donors (Lipinski definition) is 8. The predicted molar refractivity (Wildman–Crippen MR) is 153 cm³/mol. The van der Waals surface area contributed by atoms with E-state index in [1.54, 1.807) is 20.0 Å². The molecule has 0 saturated heterocycles. The number of imidazole rings is 1. The van der Waals surface area contributed by atoms with Gasteiger partial charge in [0.1, 0.15) is 18.1 Å². The van der Waals surface area contributed by atoms with Crippen LogP contribution in [0.2, 0.25) is 0 Å². The van der Waals surface area contributed by atoms with Crippen LogP contribution >= 0.6 is 0 Å². The van der Waals surface area contributed by atoms with Gasteiger partial charge in [0, 0.05) is 41.8 Å². The lowest BCUT2D eigenvalue weighted by Crippen LogP contribution is -2.59. The monoisotopic (exact) mass is 568 g/mol. The number of nitrogens with one attached hydrogen (secondary N) is 5. The largest absolute Gasteiger partial charge is 0.480 e. The molecule has 2 aromatic heterocycles. The molecule has 1 aromatic carbocycles.